The van der Waals surface area contributed by atoms with Gasteiger partial charge in [-0.3, -0.25) is 0 Å². The van der Waals surface area contributed by atoms with Crippen LogP contribution in [-0.2, 0) is 0 Å². The van der Waals surface area contributed by atoms with Crippen LogP contribution in [0.1, 0.15) is 22.3 Å². The molecule has 2 rings (SSSR count). The van der Waals surface area contributed by atoms with Gasteiger partial charge in [-0.2, -0.15) is 0 Å². The van der Waals surface area contributed by atoms with Crippen LogP contribution in [0.4, 0.5) is 0 Å². The van der Waals surface area contributed by atoms with Gasteiger partial charge < -0.3 is 10.2 Å². The van der Waals surface area contributed by atoms with Gasteiger partial charge in [-0.25, -0.2) is 4.79 Å². The third-order valence-corrected chi connectivity index (χ3v) is 2.42. The van der Waals surface area contributed by atoms with E-state index in [1.165, 1.54) is 0 Å². The van der Waals surface area contributed by atoms with Crippen LogP contribution in [0.2, 0.25) is 0 Å². The minimum Gasteiger partial charge on any atom is -0.854 e. The smallest absolute Gasteiger partial charge is 0.854 e. The fourth-order valence-corrected chi connectivity index (χ4v) is 1.43. The van der Waals surface area contributed by atoms with Crippen molar-refractivity contribution in [2.75, 3.05) is 6.61 Å². The van der Waals surface area contributed by atoms with E-state index in [9.17, 15) is 9.90 Å². The van der Waals surface area contributed by atoms with Gasteiger partial charge in [0.2, 0.25) is 0 Å². The first kappa shape index (κ1) is 19.6. The maximum absolute atomic E-state index is 10.2. The van der Waals surface area contributed by atoms with Crippen molar-refractivity contribution in [2.24, 2.45) is 0 Å². The molecular weight excluding hydrogens is 275 g/mol. The zero-order chi connectivity index (χ0) is 14.6. The van der Waals surface area contributed by atoms with Crippen molar-refractivity contribution >= 4 is 12.0 Å². The Balaban J connectivity index is 0.000000370. The van der Waals surface area contributed by atoms with E-state index in [4.69, 9.17) is 5.11 Å². The average molecular weight is 292 g/mol. The number of hydrogen-bond acceptors (Lipinski definition) is 2. The van der Waals surface area contributed by atoms with E-state index in [1.807, 2.05) is 42.5 Å². The Labute approximate surface area is 147 Å². The summed E-state index contributed by atoms with van der Waals surface area (Å²) < 4.78 is 0. The van der Waals surface area contributed by atoms with E-state index < -0.39 is 5.97 Å². The topological polar surface area (TPSA) is 60.4 Å². The molecule has 0 atom stereocenters. The summed E-state index contributed by atoms with van der Waals surface area (Å²) in [5.74, 6) is -0.879. The van der Waals surface area contributed by atoms with Gasteiger partial charge in [0.1, 0.15) is 0 Å². The molecule has 1 N–H and O–H groups in total. The maximum Gasteiger partial charge on any atom is 1.00 e. The van der Waals surface area contributed by atoms with Crippen LogP contribution in [0.15, 0.2) is 66.7 Å². The summed E-state index contributed by atoms with van der Waals surface area (Å²) in [6.45, 7) is -0.0245. The molecule has 0 saturated heterocycles. The molecule has 0 aliphatic heterocycles. The molecule has 0 saturated carbocycles. The van der Waals surface area contributed by atoms with Crippen molar-refractivity contribution in [3.63, 3.8) is 0 Å². The number of hydrogen-bond donors (Lipinski definition) is 1. The molecule has 0 radical (unpaired) electrons. The normalized spacial score (nSPS) is 9.38. The Kier molecular flexibility index (Phi) is 11.5. The van der Waals surface area contributed by atoms with Crippen LogP contribution in [-0.4, -0.2) is 17.7 Å². The molecule has 0 aliphatic carbocycles. The summed E-state index contributed by atoms with van der Waals surface area (Å²) >= 11 is 0. The van der Waals surface area contributed by atoms with Crippen molar-refractivity contribution in [2.45, 2.75) is 6.42 Å². The molecule has 0 aliphatic rings. The molecular formula is C17H17NaO3. The fourth-order valence-electron chi connectivity index (χ4n) is 1.43. The molecule has 0 spiro atoms. The van der Waals surface area contributed by atoms with Crippen molar-refractivity contribution in [3.8, 4) is 0 Å². The van der Waals surface area contributed by atoms with Gasteiger partial charge in [0.05, 0.1) is 5.56 Å². The average Bonchev–Trinajstić information content (AvgIpc) is 2.50. The minimum absolute atomic E-state index is 0. The third-order valence-electron chi connectivity index (χ3n) is 2.42. The number of aromatic carboxylic acids is 1. The van der Waals surface area contributed by atoms with E-state index >= 15 is 0 Å². The number of benzene rings is 2. The van der Waals surface area contributed by atoms with Gasteiger partial charge >= 0.3 is 35.5 Å². The molecule has 4 heteroatoms. The first-order valence-electron chi connectivity index (χ1n) is 6.32. The molecule has 104 valence electrons. The van der Waals surface area contributed by atoms with Gasteiger partial charge in [0, 0.05) is 0 Å². The van der Waals surface area contributed by atoms with E-state index in [-0.39, 0.29) is 36.2 Å². The number of carbonyl (C=O) groups is 1. The Morgan fingerprint density at radius 1 is 1.00 bits per heavy atom. The second kappa shape index (κ2) is 12.4. The molecule has 0 aromatic heterocycles. The number of carboxylic acid groups (broad SMARTS) is 1. The van der Waals surface area contributed by atoms with Gasteiger partial charge in [-0.15, -0.1) is 6.61 Å². The third kappa shape index (κ3) is 9.21. The number of carboxylic acids is 1. The molecule has 3 nitrogen and oxygen atoms in total. The molecule has 0 bridgehead atoms. The quantitative estimate of drug-likeness (QED) is 0.797. The molecule has 21 heavy (non-hydrogen) atoms. The predicted molar refractivity (Wildman–Crippen MR) is 78.4 cm³/mol. The van der Waals surface area contributed by atoms with E-state index in [2.05, 4.69) is 0 Å². The summed E-state index contributed by atoms with van der Waals surface area (Å²) in [6, 6.07) is 18.3. The minimum atomic E-state index is -0.879. The van der Waals surface area contributed by atoms with Crippen molar-refractivity contribution in [3.05, 3.63) is 77.9 Å². The second-order valence-corrected chi connectivity index (χ2v) is 3.98. The largest absolute Gasteiger partial charge is 1.00 e. The molecule has 2 aromatic carbocycles. The van der Waals surface area contributed by atoms with Crippen LogP contribution in [0.3, 0.4) is 0 Å². The van der Waals surface area contributed by atoms with Crippen LogP contribution in [0.25, 0.3) is 6.08 Å². The molecule has 0 amide bonds. The molecule has 0 fully saturated rings. The molecule has 0 heterocycles. The van der Waals surface area contributed by atoms with Crippen molar-refractivity contribution in [1.29, 1.82) is 0 Å². The standard InChI is InChI=1S/C10H11O.C7H6O2.Na/c11-9-5-4-8-10-6-2-1-3-7-10;8-7(9)6-4-2-1-3-5-6;/h1-4,6-8H,5,9H2;1-5H,(H,8,9);/q-1;;+1. The van der Waals surface area contributed by atoms with Gasteiger partial charge in [-0.1, -0.05) is 67.1 Å². The Morgan fingerprint density at radius 2 is 1.52 bits per heavy atom. The first-order valence-corrected chi connectivity index (χ1v) is 6.32. The maximum atomic E-state index is 10.2. The van der Waals surface area contributed by atoms with Crippen molar-refractivity contribution < 1.29 is 44.6 Å². The van der Waals surface area contributed by atoms with Gasteiger partial charge in [0.25, 0.3) is 0 Å². The van der Waals surface area contributed by atoms with Crippen LogP contribution in [0, 0.1) is 0 Å². The van der Waals surface area contributed by atoms with Crippen LogP contribution < -0.4 is 34.7 Å². The van der Waals surface area contributed by atoms with Crippen LogP contribution >= 0.6 is 0 Å². The summed E-state index contributed by atoms with van der Waals surface area (Å²) in [7, 11) is 0. The first-order chi connectivity index (χ1) is 9.74. The van der Waals surface area contributed by atoms with Gasteiger partial charge in [-0.05, 0) is 17.7 Å². The zero-order valence-corrected chi connectivity index (χ0v) is 14.1. The Hall–Kier alpha value is -1.39. The predicted octanol–water partition coefficient (Wildman–Crippen LogP) is -0.161. The summed E-state index contributed by atoms with van der Waals surface area (Å²) in [4.78, 5) is 10.2. The summed E-state index contributed by atoms with van der Waals surface area (Å²) in [6.07, 6.45) is 4.50. The summed E-state index contributed by atoms with van der Waals surface area (Å²) in [5.41, 5.74) is 1.48. The van der Waals surface area contributed by atoms with E-state index in [0.29, 0.717) is 12.0 Å². The molecule has 0 unspecified atom stereocenters. The van der Waals surface area contributed by atoms with Crippen LogP contribution in [0.5, 0.6) is 0 Å². The number of rotatable bonds is 4. The monoisotopic (exact) mass is 292 g/mol. The SMILES string of the molecule is O=C(O)c1ccccc1.[Na+].[O-]CCC=Cc1ccccc1. The van der Waals surface area contributed by atoms with E-state index in [1.54, 1.807) is 30.3 Å². The zero-order valence-electron chi connectivity index (χ0n) is 12.1. The fraction of sp³-hybridized carbons (Fsp3) is 0.118. The van der Waals surface area contributed by atoms with E-state index in [0.717, 1.165) is 5.56 Å². The Morgan fingerprint density at radius 3 is 1.95 bits per heavy atom. The van der Waals surface area contributed by atoms with Gasteiger partial charge in [0.15, 0.2) is 0 Å². The molecule has 2 aromatic rings. The van der Waals surface area contributed by atoms with Crippen molar-refractivity contribution in [1.82, 2.24) is 0 Å². The summed E-state index contributed by atoms with van der Waals surface area (Å²) in [5, 5.41) is 18.5. The Bertz CT molecular complexity index is 524. The second-order valence-electron chi connectivity index (χ2n) is 3.98.